The molecule has 66 valence electrons. The van der Waals surface area contributed by atoms with E-state index in [0.717, 1.165) is 5.56 Å². The van der Waals surface area contributed by atoms with Crippen LogP contribution in [0.4, 0.5) is 0 Å². The molecule has 0 radical (unpaired) electrons. The fourth-order valence-electron chi connectivity index (χ4n) is 0.930. The number of hydrogen-bond acceptors (Lipinski definition) is 1. The predicted octanol–water partition coefficient (Wildman–Crippen LogP) is 3.00. The van der Waals surface area contributed by atoms with Crippen LogP contribution >= 0.6 is 11.6 Å². The van der Waals surface area contributed by atoms with Crippen LogP contribution in [0.5, 0.6) is 5.75 Å². The SMILES string of the molecule is C#CCOc1ccc(Cl)cc1C=C. The Bertz CT molecular complexity index is 350. The molecule has 0 unspecified atom stereocenters. The van der Waals surface area contributed by atoms with Crippen molar-refractivity contribution in [2.24, 2.45) is 0 Å². The lowest BCUT2D eigenvalue weighted by Crippen LogP contribution is -1.95. The van der Waals surface area contributed by atoms with Gasteiger partial charge >= 0.3 is 0 Å². The van der Waals surface area contributed by atoms with Crippen LogP contribution in [-0.4, -0.2) is 6.61 Å². The third-order valence-corrected chi connectivity index (χ3v) is 1.74. The summed E-state index contributed by atoms with van der Waals surface area (Å²) in [6.45, 7) is 3.90. The topological polar surface area (TPSA) is 9.23 Å². The number of rotatable bonds is 3. The van der Waals surface area contributed by atoms with Crippen LogP contribution < -0.4 is 4.74 Å². The molecule has 0 fully saturated rings. The van der Waals surface area contributed by atoms with Crippen LogP contribution in [0.1, 0.15) is 5.56 Å². The first-order valence-electron chi connectivity index (χ1n) is 3.76. The predicted molar refractivity (Wildman–Crippen MR) is 55.9 cm³/mol. The van der Waals surface area contributed by atoms with Gasteiger partial charge in [0.2, 0.25) is 0 Å². The third kappa shape index (κ3) is 2.54. The van der Waals surface area contributed by atoms with Crippen molar-refractivity contribution < 1.29 is 4.74 Å². The van der Waals surface area contributed by atoms with Crippen molar-refractivity contribution in [3.05, 3.63) is 35.4 Å². The van der Waals surface area contributed by atoms with E-state index in [1.54, 1.807) is 24.3 Å². The summed E-state index contributed by atoms with van der Waals surface area (Å²) in [5.41, 5.74) is 0.850. The van der Waals surface area contributed by atoms with Gasteiger partial charge in [-0.15, -0.1) is 6.42 Å². The quantitative estimate of drug-likeness (QED) is 0.669. The third-order valence-electron chi connectivity index (χ3n) is 1.50. The van der Waals surface area contributed by atoms with E-state index in [1.165, 1.54) is 0 Å². The minimum absolute atomic E-state index is 0.252. The van der Waals surface area contributed by atoms with Crippen molar-refractivity contribution in [2.45, 2.75) is 0 Å². The second-order valence-corrected chi connectivity index (χ2v) is 2.82. The Morgan fingerprint density at radius 1 is 1.62 bits per heavy atom. The highest BCUT2D eigenvalue weighted by molar-refractivity contribution is 6.30. The van der Waals surface area contributed by atoms with Gasteiger partial charge in [-0.2, -0.15) is 0 Å². The van der Waals surface area contributed by atoms with Gasteiger partial charge in [-0.3, -0.25) is 0 Å². The van der Waals surface area contributed by atoms with E-state index in [2.05, 4.69) is 12.5 Å². The zero-order valence-corrected chi connectivity index (χ0v) is 7.84. The van der Waals surface area contributed by atoms with Gasteiger partial charge < -0.3 is 4.74 Å². The molecule has 0 N–H and O–H groups in total. The Kier molecular flexibility index (Phi) is 3.42. The van der Waals surface area contributed by atoms with Crippen molar-refractivity contribution in [3.8, 4) is 18.1 Å². The maximum absolute atomic E-state index is 5.79. The van der Waals surface area contributed by atoms with Gasteiger partial charge in [-0.1, -0.05) is 30.2 Å². The van der Waals surface area contributed by atoms with E-state index in [1.807, 2.05) is 0 Å². The largest absolute Gasteiger partial charge is 0.480 e. The van der Waals surface area contributed by atoms with E-state index in [4.69, 9.17) is 22.8 Å². The normalized spacial score (nSPS) is 8.92. The molecular weight excluding hydrogens is 184 g/mol. The molecule has 0 bridgehead atoms. The minimum Gasteiger partial charge on any atom is -0.480 e. The van der Waals surface area contributed by atoms with Crippen molar-refractivity contribution in [3.63, 3.8) is 0 Å². The van der Waals surface area contributed by atoms with Gasteiger partial charge in [0.1, 0.15) is 12.4 Å². The Labute approximate surface area is 83.0 Å². The van der Waals surface area contributed by atoms with Crippen molar-refractivity contribution >= 4 is 17.7 Å². The molecule has 1 aromatic carbocycles. The monoisotopic (exact) mass is 192 g/mol. The Morgan fingerprint density at radius 3 is 3.00 bits per heavy atom. The number of ether oxygens (including phenoxy) is 1. The van der Waals surface area contributed by atoms with Crippen LogP contribution in [-0.2, 0) is 0 Å². The molecular formula is C11H9ClO. The molecule has 2 heteroatoms. The molecule has 0 aliphatic carbocycles. The molecule has 0 amide bonds. The fourth-order valence-corrected chi connectivity index (χ4v) is 1.11. The van der Waals surface area contributed by atoms with Crippen molar-refractivity contribution in [1.82, 2.24) is 0 Å². The standard InChI is InChI=1S/C11H9ClO/c1-3-7-13-11-6-5-10(12)8-9(11)4-2/h1,4-6,8H,2,7H2. The molecule has 0 heterocycles. The summed E-state index contributed by atoms with van der Waals surface area (Å²) < 4.78 is 5.27. The van der Waals surface area contributed by atoms with E-state index in [-0.39, 0.29) is 6.61 Å². The molecule has 0 saturated carbocycles. The van der Waals surface area contributed by atoms with Gasteiger partial charge in [0.25, 0.3) is 0 Å². The summed E-state index contributed by atoms with van der Waals surface area (Å²) in [5, 5.41) is 0.656. The van der Waals surface area contributed by atoms with E-state index < -0.39 is 0 Å². The zero-order valence-electron chi connectivity index (χ0n) is 7.09. The first-order valence-corrected chi connectivity index (χ1v) is 4.14. The highest BCUT2D eigenvalue weighted by Gasteiger charge is 1.99. The lowest BCUT2D eigenvalue weighted by molar-refractivity contribution is 0.369. The summed E-state index contributed by atoms with van der Waals surface area (Å²) in [6, 6.07) is 5.30. The molecule has 0 aromatic heterocycles. The lowest BCUT2D eigenvalue weighted by Gasteiger charge is -2.06. The van der Waals surface area contributed by atoms with Crippen molar-refractivity contribution in [2.75, 3.05) is 6.61 Å². The van der Waals surface area contributed by atoms with Crippen molar-refractivity contribution in [1.29, 1.82) is 0 Å². The molecule has 0 atom stereocenters. The van der Waals surface area contributed by atoms with Crippen LogP contribution in [0.15, 0.2) is 24.8 Å². The van der Waals surface area contributed by atoms with Gasteiger partial charge in [0.05, 0.1) is 0 Å². The second kappa shape index (κ2) is 4.59. The average molecular weight is 193 g/mol. The smallest absolute Gasteiger partial charge is 0.148 e. The van der Waals surface area contributed by atoms with E-state index in [9.17, 15) is 0 Å². The van der Waals surface area contributed by atoms with Crippen LogP contribution in [0.25, 0.3) is 6.08 Å². The molecule has 0 saturated heterocycles. The first-order chi connectivity index (χ1) is 6.27. The van der Waals surface area contributed by atoms with Crippen LogP contribution in [0.3, 0.4) is 0 Å². The highest BCUT2D eigenvalue weighted by atomic mass is 35.5. The lowest BCUT2D eigenvalue weighted by atomic mass is 10.2. The Hall–Kier alpha value is -1.39. The van der Waals surface area contributed by atoms with Crippen LogP contribution in [0, 0.1) is 12.3 Å². The summed E-state index contributed by atoms with van der Waals surface area (Å²) in [7, 11) is 0. The number of halogens is 1. The first kappa shape index (κ1) is 9.70. The molecule has 1 aromatic rings. The van der Waals surface area contributed by atoms with E-state index in [0.29, 0.717) is 10.8 Å². The minimum atomic E-state index is 0.252. The Balaban J connectivity index is 2.93. The number of terminal acetylenes is 1. The summed E-state index contributed by atoms with van der Waals surface area (Å²) >= 11 is 5.79. The summed E-state index contributed by atoms with van der Waals surface area (Å²) in [5.74, 6) is 3.10. The van der Waals surface area contributed by atoms with Gasteiger partial charge in [-0.05, 0) is 18.2 Å². The van der Waals surface area contributed by atoms with Crippen LogP contribution in [0.2, 0.25) is 5.02 Å². The second-order valence-electron chi connectivity index (χ2n) is 2.38. The van der Waals surface area contributed by atoms with Gasteiger partial charge in [0, 0.05) is 10.6 Å². The fraction of sp³-hybridized carbons (Fsp3) is 0.0909. The van der Waals surface area contributed by atoms with Gasteiger partial charge in [-0.25, -0.2) is 0 Å². The molecule has 0 aliphatic heterocycles. The molecule has 0 aliphatic rings. The van der Waals surface area contributed by atoms with Gasteiger partial charge in [0.15, 0.2) is 0 Å². The molecule has 0 spiro atoms. The molecule has 1 nitrogen and oxygen atoms in total. The maximum atomic E-state index is 5.79. The Morgan fingerprint density at radius 2 is 2.38 bits per heavy atom. The number of hydrogen-bond donors (Lipinski definition) is 0. The molecule has 1 rings (SSSR count). The highest BCUT2D eigenvalue weighted by Crippen LogP contribution is 2.23. The zero-order chi connectivity index (χ0) is 9.68. The summed E-state index contributed by atoms with van der Waals surface area (Å²) in [6.07, 6.45) is 6.75. The van der Waals surface area contributed by atoms with E-state index >= 15 is 0 Å². The number of benzene rings is 1. The molecule has 13 heavy (non-hydrogen) atoms. The maximum Gasteiger partial charge on any atom is 0.148 e. The average Bonchev–Trinajstić information content (AvgIpc) is 2.16. The summed E-state index contributed by atoms with van der Waals surface area (Å²) in [4.78, 5) is 0.